The maximum atomic E-state index is 11.3. The van der Waals surface area contributed by atoms with Crippen molar-refractivity contribution in [3.8, 4) is 0 Å². The van der Waals surface area contributed by atoms with Gasteiger partial charge in [0.2, 0.25) is 0 Å². The van der Waals surface area contributed by atoms with Gasteiger partial charge in [-0.3, -0.25) is 19.9 Å². The molecule has 1 atom stereocenters. The summed E-state index contributed by atoms with van der Waals surface area (Å²) < 4.78 is 0. The first-order valence-electron chi connectivity index (χ1n) is 6.24. The molecular weight excluding hydrogens is 276 g/mol. The normalized spacial score (nSPS) is 12.0. The third kappa shape index (κ3) is 3.02. The number of nitro groups is 1. The van der Waals surface area contributed by atoms with Crippen LogP contribution in [0.25, 0.3) is 10.9 Å². The number of aliphatic carboxylic acids is 1. The maximum Gasteiger partial charge on any atom is 0.311 e. The highest BCUT2D eigenvalue weighted by Gasteiger charge is 2.22. The van der Waals surface area contributed by atoms with Crippen LogP contribution in [0.4, 0.5) is 5.69 Å². The number of non-ortho nitro benzene ring substituents is 1. The lowest BCUT2D eigenvalue weighted by molar-refractivity contribution is -0.383. The monoisotopic (exact) mass is 288 g/mol. The number of pyridine rings is 1. The predicted molar refractivity (Wildman–Crippen MR) is 74.1 cm³/mol. The second kappa shape index (κ2) is 6.08. The van der Waals surface area contributed by atoms with Crippen molar-refractivity contribution in [2.24, 2.45) is 0 Å². The van der Waals surface area contributed by atoms with Crippen LogP contribution in [0.2, 0.25) is 0 Å². The number of carbonyl (C=O) groups is 2. The number of carbonyl (C=O) groups excluding carboxylic acids is 1. The highest BCUT2D eigenvalue weighted by molar-refractivity contribution is 5.89. The van der Waals surface area contributed by atoms with E-state index in [1.807, 2.05) is 0 Å². The van der Waals surface area contributed by atoms with Gasteiger partial charge in [-0.15, -0.1) is 0 Å². The number of aldehydes is 1. The van der Waals surface area contributed by atoms with Gasteiger partial charge in [0, 0.05) is 18.7 Å². The van der Waals surface area contributed by atoms with Gasteiger partial charge in [-0.2, -0.15) is 0 Å². The van der Waals surface area contributed by atoms with Crippen LogP contribution in [0.3, 0.4) is 0 Å². The second-order valence-electron chi connectivity index (χ2n) is 4.50. The number of hydrogen-bond donors (Lipinski definition) is 1. The average Bonchev–Trinajstić information content (AvgIpc) is 2.46. The van der Waals surface area contributed by atoms with Crippen molar-refractivity contribution < 1.29 is 19.6 Å². The number of aromatic nitrogens is 1. The van der Waals surface area contributed by atoms with Crippen LogP contribution < -0.4 is 0 Å². The molecule has 108 valence electrons. The van der Waals surface area contributed by atoms with Crippen molar-refractivity contribution in [3.63, 3.8) is 0 Å². The molecule has 0 saturated carbocycles. The quantitative estimate of drug-likeness (QED) is 0.496. The Morgan fingerprint density at radius 1 is 1.48 bits per heavy atom. The molecule has 2 rings (SSSR count). The predicted octanol–water partition coefficient (Wildman–Crippen LogP) is 2.29. The summed E-state index contributed by atoms with van der Waals surface area (Å²) in [6, 6.07) is 5.95. The first-order chi connectivity index (χ1) is 10.0. The zero-order valence-corrected chi connectivity index (χ0v) is 10.9. The lowest BCUT2D eigenvalue weighted by Crippen LogP contribution is -2.12. The lowest BCUT2D eigenvalue weighted by atomic mass is 9.94. The van der Waals surface area contributed by atoms with Crippen LogP contribution in [0.1, 0.15) is 24.3 Å². The van der Waals surface area contributed by atoms with Gasteiger partial charge in [-0.25, -0.2) is 0 Å². The standard InChI is InChI=1S/C14H12N2O5/c17-6-2-3-10(14(18)19)9-7-11-12(15-8-9)4-1-5-13(11)16(20)21/h1,4-8,10H,2-3H2,(H,18,19). The van der Waals surface area contributed by atoms with E-state index in [0.717, 1.165) is 0 Å². The summed E-state index contributed by atoms with van der Waals surface area (Å²) in [4.78, 5) is 36.3. The smallest absolute Gasteiger partial charge is 0.311 e. The fourth-order valence-corrected chi connectivity index (χ4v) is 2.17. The van der Waals surface area contributed by atoms with Crippen molar-refractivity contribution in [1.82, 2.24) is 4.98 Å². The van der Waals surface area contributed by atoms with Gasteiger partial charge < -0.3 is 9.90 Å². The fraction of sp³-hybridized carbons (Fsp3) is 0.214. The Balaban J connectivity index is 2.54. The van der Waals surface area contributed by atoms with Crippen LogP contribution >= 0.6 is 0 Å². The van der Waals surface area contributed by atoms with E-state index in [-0.39, 0.29) is 23.9 Å². The molecule has 0 aliphatic carbocycles. The molecule has 21 heavy (non-hydrogen) atoms. The highest BCUT2D eigenvalue weighted by Crippen LogP contribution is 2.29. The molecule has 0 radical (unpaired) electrons. The number of nitrogens with zero attached hydrogens (tertiary/aromatic N) is 2. The van der Waals surface area contributed by atoms with Crippen LogP contribution in [-0.2, 0) is 9.59 Å². The summed E-state index contributed by atoms with van der Waals surface area (Å²) >= 11 is 0. The van der Waals surface area contributed by atoms with E-state index in [2.05, 4.69) is 4.98 Å². The highest BCUT2D eigenvalue weighted by atomic mass is 16.6. The summed E-state index contributed by atoms with van der Waals surface area (Å²) in [5.74, 6) is -2.00. The van der Waals surface area contributed by atoms with E-state index < -0.39 is 16.8 Å². The maximum absolute atomic E-state index is 11.3. The minimum absolute atomic E-state index is 0.103. The number of rotatable bonds is 6. The van der Waals surface area contributed by atoms with Crippen LogP contribution in [0, 0.1) is 10.1 Å². The van der Waals surface area contributed by atoms with Gasteiger partial charge in [0.1, 0.15) is 6.29 Å². The number of fused-ring (bicyclic) bond motifs is 1. The molecular formula is C14H12N2O5. The van der Waals surface area contributed by atoms with Crippen molar-refractivity contribution in [1.29, 1.82) is 0 Å². The van der Waals surface area contributed by atoms with Crippen molar-refractivity contribution >= 4 is 28.8 Å². The van der Waals surface area contributed by atoms with Gasteiger partial charge in [-0.1, -0.05) is 6.07 Å². The molecule has 0 bridgehead atoms. The number of benzene rings is 1. The van der Waals surface area contributed by atoms with Gasteiger partial charge in [-0.05, 0) is 24.1 Å². The Labute approximate surface area is 119 Å². The lowest BCUT2D eigenvalue weighted by Gasteiger charge is -2.11. The third-order valence-electron chi connectivity index (χ3n) is 3.19. The molecule has 1 heterocycles. The van der Waals surface area contributed by atoms with E-state index >= 15 is 0 Å². The SMILES string of the molecule is O=CCCC(C(=O)O)c1cnc2cccc([N+](=O)[O-])c2c1. The molecule has 0 amide bonds. The number of carboxylic acids is 1. The Hall–Kier alpha value is -2.83. The average molecular weight is 288 g/mol. The van der Waals surface area contributed by atoms with Gasteiger partial charge in [0.15, 0.2) is 0 Å². The van der Waals surface area contributed by atoms with E-state index in [4.69, 9.17) is 0 Å². The zero-order chi connectivity index (χ0) is 15.4. The van der Waals surface area contributed by atoms with Crippen molar-refractivity contribution in [2.45, 2.75) is 18.8 Å². The first kappa shape index (κ1) is 14.6. The van der Waals surface area contributed by atoms with E-state index in [0.29, 0.717) is 17.4 Å². The molecule has 0 aliphatic rings. The summed E-state index contributed by atoms with van der Waals surface area (Å²) in [6.45, 7) is 0. The van der Waals surface area contributed by atoms with Crippen molar-refractivity contribution in [3.05, 3.63) is 46.1 Å². The van der Waals surface area contributed by atoms with Gasteiger partial charge >= 0.3 is 5.97 Å². The minimum atomic E-state index is -1.09. The Morgan fingerprint density at radius 3 is 2.86 bits per heavy atom. The molecule has 0 fully saturated rings. The molecule has 0 aliphatic heterocycles. The van der Waals surface area contributed by atoms with Crippen LogP contribution in [0.15, 0.2) is 30.5 Å². The van der Waals surface area contributed by atoms with E-state index in [1.165, 1.54) is 24.4 Å². The number of hydrogen-bond acceptors (Lipinski definition) is 5. The Kier molecular flexibility index (Phi) is 4.22. The molecule has 1 aromatic heterocycles. The summed E-state index contributed by atoms with van der Waals surface area (Å²) in [6.07, 6.45) is 2.26. The topological polar surface area (TPSA) is 110 Å². The van der Waals surface area contributed by atoms with Crippen LogP contribution in [0.5, 0.6) is 0 Å². The molecule has 0 saturated heterocycles. The first-order valence-corrected chi connectivity index (χ1v) is 6.24. The number of nitro benzene ring substituents is 1. The molecule has 1 unspecified atom stereocenters. The van der Waals surface area contributed by atoms with Crippen molar-refractivity contribution in [2.75, 3.05) is 0 Å². The minimum Gasteiger partial charge on any atom is -0.481 e. The summed E-state index contributed by atoms with van der Waals surface area (Å²) in [5, 5.41) is 20.5. The fourth-order valence-electron chi connectivity index (χ4n) is 2.17. The van der Waals surface area contributed by atoms with Gasteiger partial charge in [0.25, 0.3) is 5.69 Å². The Morgan fingerprint density at radius 2 is 2.24 bits per heavy atom. The van der Waals surface area contributed by atoms with Crippen LogP contribution in [-0.4, -0.2) is 27.3 Å². The van der Waals surface area contributed by atoms with E-state index in [1.54, 1.807) is 6.07 Å². The second-order valence-corrected chi connectivity index (χ2v) is 4.50. The summed E-state index contributed by atoms with van der Waals surface area (Å²) in [5.41, 5.74) is 0.653. The molecule has 1 aromatic carbocycles. The Bertz CT molecular complexity index is 714. The third-order valence-corrected chi connectivity index (χ3v) is 3.19. The van der Waals surface area contributed by atoms with Gasteiger partial charge in [0.05, 0.1) is 21.7 Å². The largest absolute Gasteiger partial charge is 0.481 e. The zero-order valence-electron chi connectivity index (χ0n) is 10.9. The molecule has 7 nitrogen and oxygen atoms in total. The molecule has 7 heteroatoms. The molecule has 1 N–H and O–H groups in total. The molecule has 0 spiro atoms. The number of carboxylic acid groups (broad SMARTS) is 1. The molecule has 2 aromatic rings. The van der Waals surface area contributed by atoms with E-state index in [9.17, 15) is 24.8 Å². The summed E-state index contributed by atoms with van der Waals surface area (Å²) in [7, 11) is 0.